The Hall–Kier alpha value is -0.720. The van der Waals surface area contributed by atoms with E-state index >= 15 is 0 Å². The van der Waals surface area contributed by atoms with E-state index in [1.807, 2.05) is 12.2 Å². The Labute approximate surface area is 115 Å². The molecular weight excluding hydrogens is 259 g/mol. The standard InChI is InChI=1S/C15H19OPS/c1-14(2)10-4-5-11-15(14,17-16)12-6-8-13(18-3)9-7-12/h4-11H,17H2,1-3H3. The molecule has 3 heteroatoms. The second kappa shape index (κ2) is 5.11. The first-order valence-electron chi connectivity index (χ1n) is 6.04. The van der Waals surface area contributed by atoms with Crippen molar-refractivity contribution in [3.63, 3.8) is 0 Å². The van der Waals surface area contributed by atoms with Crippen molar-refractivity contribution in [3.8, 4) is 0 Å². The van der Waals surface area contributed by atoms with E-state index in [0.717, 1.165) is 5.56 Å². The molecule has 0 spiro atoms. The maximum Gasteiger partial charge on any atom is 0.0790 e. The zero-order valence-corrected chi connectivity index (χ0v) is 13.0. The third kappa shape index (κ3) is 2.13. The van der Waals surface area contributed by atoms with Gasteiger partial charge in [0, 0.05) is 10.3 Å². The van der Waals surface area contributed by atoms with Crippen LogP contribution >= 0.6 is 20.2 Å². The molecule has 1 aliphatic carbocycles. The van der Waals surface area contributed by atoms with Gasteiger partial charge in [0.15, 0.2) is 0 Å². The largest absolute Gasteiger partial charge is 0.329 e. The van der Waals surface area contributed by atoms with Crippen molar-refractivity contribution in [2.45, 2.75) is 23.9 Å². The van der Waals surface area contributed by atoms with E-state index < -0.39 is 8.46 Å². The Morgan fingerprint density at radius 1 is 1.06 bits per heavy atom. The minimum Gasteiger partial charge on any atom is -0.329 e. The molecular formula is C15H19OPS. The fraction of sp³-hybridized carbons (Fsp3) is 0.333. The van der Waals surface area contributed by atoms with Crippen molar-refractivity contribution in [2.24, 2.45) is 5.41 Å². The first-order valence-corrected chi connectivity index (χ1v) is 8.31. The van der Waals surface area contributed by atoms with Gasteiger partial charge in [-0.05, 0) is 24.0 Å². The normalized spacial score (nSPS) is 25.9. The Balaban J connectivity index is 2.52. The number of rotatable bonds is 3. The highest BCUT2D eigenvalue weighted by molar-refractivity contribution is 7.98. The molecule has 1 aliphatic rings. The summed E-state index contributed by atoms with van der Waals surface area (Å²) in [6.07, 6.45) is 10.4. The summed E-state index contributed by atoms with van der Waals surface area (Å²) in [5, 5.41) is -0.349. The highest BCUT2D eigenvalue weighted by Gasteiger charge is 2.43. The maximum absolute atomic E-state index is 12.0. The summed E-state index contributed by atoms with van der Waals surface area (Å²) < 4.78 is 12.0. The Bertz CT molecular complexity index is 502. The topological polar surface area (TPSA) is 17.1 Å². The second-order valence-electron chi connectivity index (χ2n) is 5.16. The van der Waals surface area contributed by atoms with E-state index in [0.29, 0.717) is 0 Å². The average Bonchev–Trinajstić information content (AvgIpc) is 2.39. The Morgan fingerprint density at radius 3 is 2.17 bits per heavy atom. The quantitative estimate of drug-likeness (QED) is 0.597. The van der Waals surface area contributed by atoms with Crippen molar-refractivity contribution in [1.82, 2.24) is 0 Å². The molecule has 2 rings (SSSR count). The third-order valence-electron chi connectivity index (χ3n) is 3.80. The summed E-state index contributed by atoms with van der Waals surface area (Å²) in [6.45, 7) is 4.31. The molecule has 0 saturated heterocycles. The molecule has 96 valence electrons. The smallest absolute Gasteiger partial charge is 0.0790 e. The van der Waals surface area contributed by atoms with Crippen LogP contribution in [0.25, 0.3) is 0 Å². The van der Waals surface area contributed by atoms with Gasteiger partial charge in [-0.3, -0.25) is 0 Å². The first kappa shape index (κ1) is 13.7. The van der Waals surface area contributed by atoms with Crippen LogP contribution in [-0.4, -0.2) is 6.26 Å². The lowest BCUT2D eigenvalue weighted by molar-refractivity contribution is 0.373. The zero-order valence-electron chi connectivity index (χ0n) is 11.0. The van der Waals surface area contributed by atoms with Crippen LogP contribution in [0.15, 0.2) is 53.5 Å². The molecule has 0 amide bonds. The highest BCUT2D eigenvalue weighted by Crippen LogP contribution is 2.53. The van der Waals surface area contributed by atoms with Crippen LogP contribution < -0.4 is 0 Å². The zero-order chi connectivity index (χ0) is 13.2. The minimum absolute atomic E-state index is 0.111. The molecule has 0 fully saturated rings. The number of hydrogen-bond acceptors (Lipinski definition) is 2. The molecule has 1 aromatic rings. The summed E-state index contributed by atoms with van der Waals surface area (Å²) in [6, 6.07) is 8.45. The molecule has 0 saturated carbocycles. The summed E-state index contributed by atoms with van der Waals surface area (Å²) >= 11 is 1.73. The highest BCUT2D eigenvalue weighted by atomic mass is 32.2. The Morgan fingerprint density at radius 2 is 1.67 bits per heavy atom. The van der Waals surface area contributed by atoms with E-state index in [1.165, 1.54) is 4.90 Å². The molecule has 2 unspecified atom stereocenters. The van der Waals surface area contributed by atoms with Crippen LogP contribution in [0.3, 0.4) is 0 Å². The average molecular weight is 278 g/mol. The summed E-state index contributed by atoms with van der Waals surface area (Å²) in [7, 11) is -0.923. The maximum atomic E-state index is 12.0. The molecule has 0 N–H and O–H groups in total. The van der Waals surface area contributed by atoms with Crippen LogP contribution in [0.5, 0.6) is 0 Å². The molecule has 0 heterocycles. The summed E-state index contributed by atoms with van der Waals surface area (Å²) in [5.74, 6) is 0. The van der Waals surface area contributed by atoms with Crippen molar-refractivity contribution in [1.29, 1.82) is 0 Å². The first-order chi connectivity index (χ1) is 8.55. The SMILES string of the molecule is CSc1ccc(C2([PH2]=O)C=CC=CC2(C)C)cc1. The van der Waals surface area contributed by atoms with Gasteiger partial charge in [0.1, 0.15) is 0 Å². The van der Waals surface area contributed by atoms with Crippen molar-refractivity contribution >= 4 is 20.2 Å². The van der Waals surface area contributed by atoms with Gasteiger partial charge in [-0.25, -0.2) is 0 Å². The van der Waals surface area contributed by atoms with E-state index in [9.17, 15) is 4.57 Å². The van der Waals surface area contributed by atoms with E-state index in [1.54, 1.807) is 11.8 Å². The predicted molar refractivity (Wildman–Crippen MR) is 82.4 cm³/mol. The van der Waals surface area contributed by atoms with Crippen LogP contribution in [0, 0.1) is 5.41 Å². The van der Waals surface area contributed by atoms with Crippen molar-refractivity contribution in [3.05, 3.63) is 54.1 Å². The van der Waals surface area contributed by atoms with Crippen LogP contribution in [0.1, 0.15) is 19.4 Å². The molecule has 1 nitrogen and oxygen atoms in total. The van der Waals surface area contributed by atoms with Gasteiger partial charge in [0.2, 0.25) is 0 Å². The number of allylic oxidation sites excluding steroid dienone is 4. The molecule has 0 aromatic heterocycles. The lowest BCUT2D eigenvalue weighted by Gasteiger charge is -2.41. The predicted octanol–water partition coefficient (Wildman–Crippen LogP) is 4.51. The number of hydrogen-bond donors (Lipinski definition) is 0. The van der Waals surface area contributed by atoms with E-state index in [4.69, 9.17) is 0 Å². The summed E-state index contributed by atoms with van der Waals surface area (Å²) in [5.41, 5.74) is 1.04. The Kier molecular flexibility index (Phi) is 3.89. The molecule has 2 atom stereocenters. The molecule has 0 radical (unpaired) electrons. The van der Waals surface area contributed by atoms with Gasteiger partial charge in [-0.15, -0.1) is 11.8 Å². The van der Waals surface area contributed by atoms with Crippen molar-refractivity contribution < 1.29 is 4.57 Å². The molecule has 0 aliphatic heterocycles. The van der Waals surface area contributed by atoms with Gasteiger partial charge in [-0.2, -0.15) is 0 Å². The van der Waals surface area contributed by atoms with Gasteiger partial charge in [0.25, 0.3) is 0 Å². The van der Waals surface area contributed by atoms with E-state index in [2.05, 4.69) is 56.5 Å². The number of benzene rings is 1. The number of thioether (sulfide) groups is 1. The van der Waals surface area contributed by atoms with Gasteiger partial charge >= 0.3 is 0 Å². The lowest BCUT2D eigenvalue weighted by Crippen LogP contribution is -2.35. The summed E-state index contributed by atoms with van der Waals surface area (Å²) in [4.78, 5) is 1.24. The third-order valence-corrected chi connectivity index (χ3v) is 6.19. The monoisotopic (exact) mass is 278 g/mol. The van der Waals surface area contributed by atoms with Gasteiger partial charge < -0.3 is 4.57 Å². The van der Waals surface area contributed by atoms with Crippen LogP contribution in [0.2, 0.25) is 0 Å². The minimum atomic E-state index is -0.923. The fourth-order valence-corrected chi connectivity index (χ4v) is 3.78. The van der Waals surface area contributed by atoms with Gasteiger partial charge in [-0.1, -0.05) is 50.3 Å². The van der Waals surface area contributed by atoms with Gasteiger partial charge in [0.05, 0.1) is 13.6 Å². The fourth-order valence-electron chi connectivity index (χ4n) is 2.45. The van der Waals surface area contributed by atoms with Crippen LogP contribution in [-0.2, 0) is 9.72 Å². The van der Waals surface area contributed by atoms with Crippen molar-refractivity contribution in [2.75, 3.05) is 6.26 Å². The lowest BCUT2D eigenvalue weighted by atomic mass is 9.71. The van der Waals surface area contributed by atoms with Crippen LogP contribution in [0.4, 0.5) is 0 Å². The molecule has 1 aromatic carbocycles. The molecule has 18 heavy (non-hydrogen) atoms. The van der Waals surface area contributed by atoms with E-state index in [-0.39, 0.29) is 10.6 Å². The molecule has 0 bridgehead atoms. The second-order valence-corrected chi connectivity index (χ2v) is 7.18.